The van der Waals surface area contributed by atoms with E-state index < -0.39 is 40.7 Å². The molecule has 0 aromatic carbocycles. The van der Waals surface area contributed by atoms with Gasteiger partial charge in [-0.15, -0.1) is 0 Å². The van der Waals surface area contributed by atoms with Gasteiger partial charge >= 0.3 is 17.9 Å². The molecule has 1 aliphatic heterocycles. The maximum absolute atomic E-state index is 11.2. The van der Waals surface area contributed by atoms with Gasteiger partial charge in [-0.05, 0) is 15.9 Å². The Morgan fingerprint density at radius 1 is 1.14 bits per heavy atom. The Kier molecular flexibility index (Phi) is 5.69. The third-order valence-corrected chi connectivity index (χ3v) is 3.41. The van der Waals surface area contributed by atoms with Crippen LogP contribution < -0.4 is 0 Å². The van der Waals surface area contributed by atoms with Gasteiger partial charge in [0.25, 0.3) is 4.51 Å². The molecule has 0 unspecified atom stereocenters. The average molecular weight is 364 g/mol. The molecule has 1 aliphatic rings. The minimum absolute atomic E-state index is 0.200. The van der Waals surface area contributed by atoms with Crippen LogP contribution in [-0.4, -0.2) is 47.3 Å². The fourth-order valence-corrected chi connectivity index (χ4v) is 2.33. The van der Waals surface area contributed by atoms with Gasteiger partial charge in [0, 0.05) is 20.8 Å². The second-order valence-corrected chi connectivity index (χ2v) is 5.50. The minimum Gasteiger partial charge on any atom is -0.456 e. The number of carbonyl (C=O) groups excluding carboxylic acids is 3. The predicted molar refractivity (Wildman–Crippen MR) is 69.9 cm³/mol. The average Bonchev–Trinajstić information content (AvgIpc) is 2.36. The molecule has 0 spiro atoms. The van der Waals surface area contributed by atoms with Crippen LogP contribution in [0.2, 0.25) is 0 Å². The Morgan fingerprint density at radius 3 is 2.10 bits per heavy atom. The van der Waals surface area contributed by atoms with Crippen molar-refractivity contribution in [1.29, 1.82) is 5.26 Å². The summed E-state index contributed by atoms with van der Waals surface area (Å²) in [5, 5.41) is 9.19. The van der Waals surface area contributed by atoms with Crippen molar-refractivity contribution < 1.29 is 33.3 Å². The molecule has 1 heterocycles. The summed E-state index contributed by atoms with van der Waals surface area (Å²) in [6.07, 6.45) is -3.44. The molecule has 1 saturated heterocycles. The summed E-state index contributed by atoms with van der Waals surface area (Å²) in [5.74, 6) is -2.01. The Morgan fingerprint density at radius 2 is 1.67 bits per heavy atom. The van der Waals surface area contributed by atoms with Gasteiger partial charge in [-0.25, -0.2) is 0 Å². The summed E-state index contributed by atoms with van der Waals surface area (Å²) in [7, 11) is 0. The summed E-state index contributed by atoms with van der Waals surface area (Å²) < 4.78 is 18.6. The second kappa shape index (κ2) is 6.87. The molecule has 9 heteroatoms. The monoisotopic (exact) mass is 363 g/mol. The lowest BCUT2D eigenvalue weighted by molar-refractivity contribution is -0.222. The van der Waals surface area contributed by atoms with Gasteiger partial charge in [0.15, 0.2) is 18.3 Å². The van der Waals surface area contributed by atoms with E-state index in [0.29, 0.717) is 0 Å². The fraction of sp³-hybridized carbons (Fsp3) is 0.667. The fourth-order valence-electron chi connectivity index (χ4n) is 1.85. The molecular formula is C12H14BrNO7. The molecule has 0 saturated carbocycles. The summed E-state index contributed by atoms with van der Waals surface area (Å²) in [5.41, 5.74) is 0. The third-order valence-electron chi connectivity index (χ3n) is 2.55. The van der Waals surface area contributed by atoms with Crippen LogP contribution in [0.4, 0.5) is 0 Å². The van der Waals surface area contributed by atoms with Gasteiger partial charge in [-0.2, -0.15) is 5.26 Å². The SMILES string of the molecule is CC(=O)O[C@@H]1[C@@H](OC(C)=O)[C@@](Br)(C#N)OC[C@H]1OC(C)=O. The minimum atomic E-state index is -1.70. The molecule has 0 bridgehead atoms. The van der Waals surface area contributed by atoms with Crippen LogP contribution in [0.5, 0.6) is 0 Å². The number of halogens is 1. The van der Waals surface area contributed by atoms with E-state index in [1.165, 1.54) is 6.92 Å². The van der Waals surface area contributed by atoms with E-state index in [4.69, 9.17) is 18.9 Å². The molecular weight excluding hydrogens is 350 g/mol. The molecule has 0 N–H and O–H groups in total. The number of nitrogens with zero attached hydrogens (tertiary/aromatic N) is 1. The number of esters is 3. The van der Waals surface area contributed by atoms with Crippen molar-refractivity contribution in [2.45, 2.75) is 43.6 Å². The summed E-state index contributed by atoms with van der Waals surface area (Å²) in [6.45, 7) is 3.25. The van der Waals surface area contributed by atoms with E-state index in [2.05, 4.69) is 15.9 Å². The third kappa shape index (κ3) is 4.41. The predicted octanol–water partition coefficient (Wildman–Crippen LogP) is 0.426. The highest BCUT2D eigenvalue weighted by molar-refractivity contribution is 9.10. The zero-order valence-corrected chi connectivity index (χ0v) is 13.2. The Labute approximate surface area is 129 Å². The zero-order valence-electron chi connectivity index (χ0n) is 11.6. The zero-order chi connectivity index (χ0) is 16.2. The molecule has 21 heavy (non-hydrogen) atoms. The normalized spacial score (nSPS) is 31.7. The standard InChI is InChI=1S/C12H14BrNO7/c1-6(15)19-9-4-18-12(13,5-14)11(21-8(3)17)10(9)20-7(2)16/h9-11H,4H2,1-3H3/t9-,10+,11-,12-/m1/s1. The van der Waals surface area contributed by atoms with E-state index in [1.807, 2.05) is 0 Å². The van der Waals surface area contributed by atoms with E-state index in [0.717, 1.165) is 13.8 Å². The van der Waals surface area contributed by atoms with Gasteiger partial charge < -0.3 is 18.9 Å². The van der Waals surface area contributed by atoms with Crippen LogP contribution >= 0.6 is 15.9 Å². The lowest BCUT2D eigenvalue weighted by Gasteiger charge is -2.41. The molecule has 4 atom stereocenters. The van der Waals surface area contributed by atoms with Crippen LogP contribution in [0.3, 0.4) is 0 Å². The number of hydrogen-bond donors (Lipinski definition) is 0. The summed E-state index contributed by atoms with van der Waals surface area (Å²) in [6, 6.07) is 1.80. The number of nitriles is 1. The van der Waals surface area contributed by atoms with Gasteiger partial charge in [0.2, 0.25) is 0 Å². The van der Waals surface area contributed by atoms with Gasteiger partial charge in [0.05, 0.1) is 6.61 Å². The van der Waals surface area contributed by atoms with Crippen LogP contribution in [0, 0.1) is 11.3 Å². The quantitative estimate of drug-likeness (QED) is 0.403. The highest BCUT2D eigenvalue weighted by atomic mass is 79.9. The molecule has 0 amide bonds. The Bertz CT molecular complexity index is 488. The number of carbonyl (C=O) groups is 3. The lowest BCUT2D eigenvalue weighted by atomic mass is 9.99. The Balaban J connectivity index is 3.13. The smallest absolute Gasteiger partial charge is 0.303 e. The first kappa shape index (κ1) is 17.4. The van der Waals surface area contributed by atoms with Crippen molar-refractivity contribution in [3.05, 3.63) is 0 Å². The topological polar surface area (TPSA) is 112 Å². The first-order chi connectivity index (χ1) is 9.69. The maximum atomic E-state index is 11.2. The Hall–Kier alpha value is -1.66. The van der Waals surface area contributed by atoms with Crippen molar-refractivity contribution >= 4 is 33.8 Å². The second-order valence-electron chi connectivity index (χ2n) is 4.32. The van der Waals surface area contributed by atoms with E-state index >= 15 is 0 Å². The number of hydrogen-bond acceptors (Lipinski definition) is 8. The number of rotatable bonds is 3. The van der Waals surface area contributed by atoms with E-state index in [1.54, 1.807) is 6.07 Å². The molecule has 8 nitrogen and oxygen atoms in total. The first-order valence-electron chi connectivity index (χ1n) is 5.95. The number of alkyl halides is 1. The maximum Gasteiger partial charge on any atom is 0.303 e. The van der Waals surface area contributed by atoms with Gasteiger partial charge in [-0.3, -0.25) is 14.4 Å². The lowest BCUT2D eigenvalue weighted by Crippen LogP contribution is -2.61. The van der Waals surface area contributed by atoms with Gasteiger partial charge in [-0.1, -0.05) is 0 Å². The molecule has 0 aromatic heterocycles. The van der Waals surface area contributed by atoms with Crippen LogP contribution in [0.25, 0.3) is 0 Å². The van der Waals surface area contributed by atoms with Crippen LogP contribution in [0.15, 0.2) is 0 Å². The highest BCUT2D eigenvalue weighted by Gasteiger charge is 2.55. The van der Waals surface area contributed by atoms with E-state index in [9.17, 15) is 19.6 Å². The van der Waals surface area contributed by atoms with Gasteiger partial charge in [0.1, 0.15) is 6.07 Å². The van der Waals surface area contributed by atoms with Crippen molar-refractivity contribution in [1.82, 2.24) is 0 Å². The summed E-state index contributed by atoms with van der Waals surface area (Å²) in [4.78, 5) is 33.6. The summed E-state index contributed by atoms with van der Waals surface area (Å²) >= 11 is 3.02. The number of ether oxygens (including phenoxy) is 4. The van der Waals surface area contributed by atoms with Crippen molar-refractivity contribution in [2.75, 3.05) is 6.61 Å². The molecule has 0 radical (unpaired) electrons. The van der Waals surface area contributed by atoms with Crippen molar-refractivity contribution in [2.24, 2.45) is 0 Å². The highest BCUT2D eigenvalue weighted by Crippen LogP contribution is 2.36. The largest absolute Gasteiger partial charge is 0.456 e. The molecule has 1 rings (SSSR count). The van der Waals surface area contributed by atoms with Crippen LogP contribution in [-0.2, 0) is 33.3 Å². The van der Waals surface area contributed by atoms with Crippen molar-refractivity contribution in [3.8, 4) is 6.07 Å². The van der Waals surface area contributed by atoms with Crippen molar-refractivity contribution in [3.63, 3.8) is 0 Å². The van der Waals surface area contributed by atoms with E-state index in [-0.39, 0.29) is 6.61 Å². The van der Waals surface area contributed by atoms with Crippen LogP contribution in [0.1, 0.15) is 20.8 Å². The molecule has 0 aromatic rings. The molecule has 116 valence electrons. The molecule has 0 aliphatic carbocycles. The first-order valence-corrected chi connectivity index (χ1v) is 6.74. The molecule has 1 fully saturated rings.